The number of benzene rings is 2. The molecule has 2 aromatic carbocycles. The molecular weight excluding hydrogens is 368 g/mol. The third kappa shape index (κ3) is 4.59. The summed E-state index contributed by atoms with van der Waals surface area (Å²) in [4.78, 5) is 12.3. The normalized spacial score (nSPS) is 10.7. The summed E-state index contributed by atoms with van der Waals surface area (Å²) in [7, 11) is 0. The summed E-state index contributed by atoms with van der Waals surface area (Å²) in [5.74, 6) is 0.505. The van der Waals surface area contributed by atoms with Gasteiger partial charge in [0.1, 0.15) is 6.54 Å². The van der Waals surface area contributed by atoms with E-state index in [9.17, 15) is 4.79 Å². The minimum Gasteiger partial charge on any atom is -0.354 e. The number of aromatic nitrogens is 3. The Morgan fingerprint density at radius 2 is 2.04 bits per heavy atom. The molecule has 0 spiro atoms. The summed E-state index contributed by atoms with van der Waals surface area (Å²) < 4.78 is 2.09. The van der Waals surface area contributed by atoms with Crippen LogP contribution in [-0.4, -0.2) is 27.2 Å². The maximum Gasteiger partial charge on any atom is 0.240 e. The zero-order valence-electron chi connectivity index (χ0n) is 14.3. The van der Waals surface area contributed by atoms with E-state index in [1.807, 2.05) is 18.2 Å². The number of rotatable bonds is 6. The number of carbonyl (C=O) groups excluding carboxylic acids is 1. The molecule has 0 aliphatic carbocycles. The van der Waals surface area contributed by atoms with Gasteiger partial charge in [-0.15, -0.1) is 0 Å². The van der Waals surface area contributed by atoms with E-state index in [-0.39, 0.29) is 12.5 Å². The van der Waals surface area contributed by atoms with E-state index >= 15 is 0 Å². The van der Waals surface area contributed by atoms with Gasteiger partial charge in [-0.05, 0) is 55.4 Å². The molecule has 3 rings (SSSR count). The summed E-state index contributed by atoms with van der Waals surface area (Å²) in [5.41, 5.74) is 3.26. The first-order valence-electron chi connectivity index (χ1n) is 8.26. The quantitative estimate of drug-likeness (QED) is 0.631. The summed E-state index contributed by atoms with van der Waals surface area (Å²) in [5, 5.41) is 10.6. The van der Waals surface area contributed by atoms with Gasteiger partial charge >= 0.3 is 0 Å². The SMILES string of the molecule is Cc1cccc(CCNC(=O)Cn2c(-c3ccc(Cl)cc3)n[nH]c2=S)c1. The van der Waals surface area contributed by atoms with Gasteiger partial charge in [-0.3, -0.25) is 14.5 Å². The molecule has 1 aromatic heterocycles. The first-order valence-corrected chi connectivity index (χ1v) is 9.05. The van der Waals surface area contributed by atoms with Gasteiger partial charge in [0.05, 0.1) is 0 Å². The van der Waals surface area contributed by atoms with Gasteiger partial charge in [0.15, 0.2) is 10.6 Å². The summed E-state index contributed by atoms with van der Waals surface area (Å²) in [6.45, 7) is 2.74. The Kier molecular flexibility index (Phi) is 5.85. The fourth-order valence-corrected chi connectivity index (χ4v) is 3.02. The standard InChI is InChI=1S/C19H19ClN4OS/c1-13-3-2-4-14(11-13)9-10-21-17(25)12-24-18(22-23-19(24)26)15-5-7-16(20)8-6-15/h2-8,11H,9-10,12H2,1H3,(H,21,25)(H,23,26). The van der Waals surface area contributed by atoms with Gasteiger partial charge in [0.2, 0.25) is 5.91 Å². The fraction of sp³-hybridized carbons (Fsp3) is 0.211. The molecule has 0 bridgehead atoms. The van der Waals surface area contributed by atoms with Crippen molar-refractivity contribution in [1.29, 1.82) is 0 Å². The molecule has 0 radical (unpaired) electrons. The van der Waals surface area contributed by atoms with Crippen LogP contribution >= 0.6 is 23.8 Å². The molecule has 0 atom stereocenters. The Bertz CT molecular complexity index is 962. The summed E-state index contributed by atoms with van der Waals surface area (Å²) in [6.07, 6.45) is 0.786. The number of halogens is 1. The topological polar surface area (TPSA) is 62.7 Å². The largest absolute Gasteiger partial charge is 0.354 e. The highest BCUT2D eigenvalue weighted by molar-refractivity contribution is 7.71. The minimum absolute atomic E-state index is 0.106. The Labute approximate surface area is 162 Å². The molecule has 2 N–H and O–H groups in total. The number of amides is 1. The molecule has 0 fully saturated rings. The van der Waals surface area contributed by atoms with Crippen LogP contribution in [0.3, 0.4) is 0 Å². The lowest BCUT2D eigenvalue weighted by Crippen LogP contribution is -2.29. The van der Waals surface area contributed by atoms with Crippen LogP contribution in [0.5, 0.6) is 0 Å². The van der Waals surface area contributed by atoms with Crippen molar-refractivity contribution < 1.29 is 4.79 Å². The fourth-order valence-electron chi connectivity index (χ4n) is 2.70. The van der Waals surface area contributed by atoms with Gasteiger partial charge in [-0.25, -0.2) is 0 Å². The van der Waals surface area contributed by atoms with Crippen LogP contribution in [0.2, 0.25) is 5.02 Å². The zero-order valence-corrected chi connectivity index (χ0v) is 15.9. The van der Waals surface area contributed by atoms with Crippen LogP contribution in [0, 0.1) is 11.7 Å². The second-order valence-electron chi connectivity index (χ2n) is 6.03. The van der Waals surface area contributed by atoms with E-state index in [0.717, 1.165) is 12.0 Å². The Hall–Kier alpha value is -2.44. The lowest BCUT2D eigenvalue weighted by molar-refractivity contribution is -0.121. The van der Waals surface area contributed by atoms with Gasteiger partial charge in [-0.1, -0.05) is 41.4 Å². The lowest BCUT2D eigenvalue weighted by Gasteiger charge is -2.09. The zero-order chi connectivity index (χ0) is 18.5. The Morgan fingerprint density at radius 1 is 1.27 bits per heavy atom. The molecular formula is C19H19ClN4OS. The van der Waals surface area contributed by atoms with Crippen molar-refractivity contribution in [3.05, 3.63) is 69.5 Å². The molecule has 3 aromatic rings. The van der Waals surface area contributed by atoms with Crippen molar-refractivity contribution in [2.24, 2.45) is 0 Å². The second kappa shape index (κ2) is 8.29. The monoisotopic (exact) mass is 386 g/mol. The first-order chi connectivity index (χ1) is 12.5. The number of nitrogens with one attached hydrogen (secondary N) is 2. The Morgan fingerprint density at radius 3 is 2.77 bits per heavy atom. The van der Waals surface area contributed by atoms with Crippen LogP contribution < -0.4 is 5.32 Å². The minimum atomic E-state index is -0.106. The van der Waals surface area contributed by atoms with Crippen LogP contribution in [-0.2, 0) is 17.8 Å². The third-order valence-corrected chi connectivity index (χ3v) is 4.54. The molecule has 5 nitrogen and oxygen atoms in total. The number of nitrogens with zero attached hydrogens (tertiary/aromatic N) is 2. The van der Waals surface area contributed by atoms with E-state index in [0.29, 0.717) is 22.2 Å². The number of H-pyrrole nitrogens is 1. The highest BCUT2D eigenvalue weighted by atomic mass is 35.5. The molecule has 1 heterocycles. The van der Waals surface area contributed by atoms with Crippen molar-refractivity contribution in [2.75, 3.05) is 6.54 Å². The maximum atomic E-state index is 12.3. The van der Waals surface area contributed by atoms with Crippen LogP contribution in [0.15, 0.2) is 48.5 Å². The van der Waals surface area contributed by atoms with Gasteiger partial charge < -0.3 is 5.32 Å². The maximum absolute atomic E-state index is 12.3. The van der Waals surface area contributed by atoms with Gasteiger partial charge in [0.25, 0.3) is 0 Å². The molecule has 0 unspecified atom stereocenters. The molecule has 0 saturated heterocycles. The van der Waals surface area contributed by atoms with E-state index in [2.05, 4.69) is 40.6 Å². The molecule has 134 valence electrons. The number of hydrogen-bond donors (Lipinski definition) is 2. The predicted molar refractivity (Wildman–Crippen MR) is 106 cm³/mol. The van der Waals surface area contributed by atoms with Crippen molar-refractivity contribution in [1.82, 2.24) is 20.1 Å². The molecule has 1 amide bonds. The highest BCUT2D eigenvalue weighted by Gasteiger charge is 2.12. The van der Waals surface area contributed by atoms with Crippen molar-refractivity contribution in [3.8, 4) is 11.4 Å². The Balaban J connectivity index is 1.63. The van der Waals surface area contributed by atoms with Crippen LogP contribution in [0.25, 0.3) is 11.4 Å². The van der Waals surface area contributed by atoms with E-state index in [1.165, 1.54) is 11.1 Å². The van der Waals surface area contributed by atoms with E-state index in [4.69, 9.17) is 23.8 Å². The number of hydrogen-bond acceptors (Lipinski definition) is 3. The van der Waals surface area contributed by atoms with Gasteiger partial charge in [-0.2, -0.15) is 5.10 Å². The predicted octanol–water partition coefficient (Wildman–Crippen LogP) is 3.93. The second-order valence-corrected chi connectivity index (χ2v) is 6.86. The molecule has 0 saturated carbocycles. The molecule has 26 heavy (non-hydrogen) atoms. The van der Waals surface area contributed by atoms with Gasteiger partial charge in [0, 0.05) is 17.1 Å². The molecule has 7 heteroatoms. The number of carbonyl (C=O) groups is 1. The highest BCUT2D eigenvalue weighted by Crippen LogP contribution is 2.19. The lowest BCUT2D eigenvalue weighted by atomic mass is 10.1. The average Bonchev–Trinajstić information content (AvgIpc) is 2.96. The van der Waals surface area contributed by atoms with Crippen molar-refractivity contribution >= 4 is 29.7 Å². The smallest absolute Gasteiger partial charge is 0.240 e. The van der Waals surface area contributed by atoms with Crippen LogP contribution in [0.4, 0.5) is 0 Å². The molecule has 0 aliphatic heterocycles. The number of aromatic amines is 1. The third-order valence-electron chi connectivity index (χ3n) is 3.98. The summed E-state index contributed by atoms with van der Waals surface area (Å²) in [6, 6.07) is 15.5. The first kappa shape index (κ1) is 18.4. The summed E-state index contributed by atoms with van der Waals surface area (Å²) >= 11 is 11.2. The average molecular weight is 387 g/mol. The van der Waals surface area contributed by atoms with Crippen LogP contribution in [0.1, 0.15) is 11.1 Å². The molecule has 0 aliphatic rings. The van der Waals surface area contributed by atoms with E-state index in [1.54, 1.807) is 16.7 Å². The van der Waals surface area contributed by atoms with E-state index < -0.39 is 0 Å². The number of aryl methyl sites for hydroxylation is 1. The van der Waals surface area contributed by atoms with Crippen molar-refractivity contribution in [2.45, 2.75) is 19.9 Å². The van der Waals surface area contributed by atoms with Crippen molar-refractivity contribution in [3.63, 3.8) is 0 Å².